The zero-order valence-corrected chi connectivity index (χ0v) is 16.9. The van der Waals surface area contributed by atoms with E-state index in [1.807, 2.05) is 48.5 Å². The van der Waals surface area contributed by atoms with Gasteiger partial charge in [0.1, 0.15) is 5.78 Å². The van der Waals surface area contributed by atoms with Gasteiger partial charge in [-0.05, 0) is 20.3 Å². The quantitative estimate of drug-likeness (QED) is 0.567. The second-order valence-corrected chi connectivity index (χ2v) is 5.11. The Morgan fingerprint density at radius 2 is 1.46 bits per heavy atom. The molecule has 1 unspecified atom stereocenters. The van der Waals surface area contributed by atoms with Crippen LogP contribution in [0.2, 0.25) is 0 Å². The minimum Gasteiger partial charge on any atom is -0.356 e. The highest BCUT2D eigenvalue weighted by atomic mass is 16.2. The smallest absolute Gasteiger partial charge is 0.237 e. The molecule has 6 heteroatoms. The van der Waals surface area contributed by atoms with Gasteiger partial charge in [-0.3, -0.25) is 14.4 Å². The summed E-state index contributed by atoms with van der Waals surface area (Å²) in [6.45, 7) is 16.2. The summed E-state index contributed by atoms with van der Waals surface area (Å²) in [4.78, 5) is 34.3. The molecule has 0 spiro atoms. The van der Waals surface area contributed by atoms with E-state index in [0.717, 1.165) is 0 Å². The number of hydrogen-bond acceptors (Lipinski definition) is 4. The standard InChI is InChI=1S/C14H27N3O3.2C2H6/c1-5-15-13(19)7-6-12(17-10(2)3)14(20)16-9-8-11(4)18;2*1-2/h10,12,17H,5-9H2,1-4H3,(H,15,19)(H,16,20);2*1-2H3. The third-order valence-electron chi connectivity index (χ3n) is 2.66. The number of Topliss-reactive ketones (excluding diaryl/α,β-unsaturated/α-hetero) is 1. The normalized spacial score (nSPS) is 10.5. The summed E-state index contributed by atoms with van der Waals surface area (Å²) in [5.41, 5.74) is 0. The molecule has 1 atom stereocenters. The van der Waals surface area contributed by atoms with Crippen LogP contribution in [0.3, 0.4) is 0 Å². The van der Waals surface area contributed by atoms with Crippen molar-refractivity contribution in [3.8, 4) is 0 Å². The summed E-state index contributed by atoms with van der Waals surface area (Å²) in [5.74, 6) is -0.176. The summed E-state index contributed by atoms with van der Waals surface area (Å²) in [7, 11) is 0. The number of ketones is 1. The van der Waals surface area contributed by atoms with Crippen molar-refractivity contribution < 1.29 is 14.4 Å². The number of carbonyl (C=O) groups is 3. The van der Waals surface area contributed by atoms with Gasteiger partial charge < -0.3 is 16.0 Å². The predicted molar refractivity (Wildman–Crippen MR) is 101 cm³/mol. The number of nitrogens with one attached hydrogen (secondary N) is 3. The number of hydrogen-bond donors (Lipinski definition) is 3. The number of carbonyl (C=O) groups excluding carboxylic acids is 3. The lowest BCUT2D eigenvalue weighted by molar-refractivity contribution is -0.124. The van der Waals surface area contributed by atoms with Crippen LogP contribution in [0, 0.1) is 0 Å². The van der Waals surface area contributed by atoms with Crippen LogP contribution in [0.15, 0.2) is 0 Å². The Morgan fingerprint density at radius 1 is 0.917 bits per heavy atom. The van der Waals surface area contributed by atoms with Crippen LogP contribution in [0.5, 0.6) is 0 Å². The molecule has 0 saturated heterocycles. The molecule has 0 rings (SSSR count). The molecular weight excluding hydrogens is 306 g/mol. The Morgan fingerprint density at radius 3 is 1.88 bits per heavy atom. The first kappa shape index (κ1) is 27.4. The average molecular weight is 346 g/mol. The van der Waals surface area contributed by atoms with Crippen molar-refractivity contribution in [2.75, 3.05) is 13.1 Å². The second kappa shape index (κ2) is 19.6. The number of amides is 2. The molecule has 6 nitrogen and oxygen atoms in total. The van der Waals surface area contributed by atoms with Crippen molar-refractivity contribution >= 4 is 17.6 Å². The molecule has 0 aliphatic heterocycles. The maximum Gasteiger partial charge on any atom is 0.237 e. The maximum absolute atomic E-state index is 12.0. The van der Waals surface area contributed by atoms with Crippen LogP contribution < -0.4 is 16.0 Å². The Bertz CT molecular complexity index is 331. The molecule has 0 saturated carbocycles. The van der Waals surface area contributed by atoms with Gasteiger partial charge in [0.05, 0.1) is 6.04 Å². The van der Waals surface area contributed by atoms with Crippen LogP contribution >= 0.6 is 0 Å². The minimum absolute atomic E-state index is 0.0426. The second-order valence-electron chi connectivity index (χ2n) is 5.11. The molecule has 3 N–H and O–H groups in total. The topological polar surface area (TPSA) is 87.3 Å². The highest BCUT2D eigenvalue weighted by Gasteiger charge is 2.19. The van der Waals surface area contributed by atoms with E-state index in [1.54, 1.807) is 0 Å². The van der Waals surface area contributed by atoms with Crippen LogP contribution in [0.1, 0.15) is 74.7 Å². The summed E-state index contributed by atoms with van der Waals surface area (Å²) < 4.78 is 0. The first-order valence-corrected chi connectivity index (χ1v) is 9.16. The molecule has 144 valence electrons. The van der Waals surface area contributed by atoms with Gasteiger partial charge in [-0.15, -0.1) is 0 Å². The molecule has 0 radical (unpaired) electrons. The van der Waals surface area contributed by atoms with Gasteiger partial charge in [0, 0.05) is 32.0 Å². The van der Waals surface area contributed by atoms with E-state index >= 15 is 0 Å². The lowest BCUT2D eigenvalue weighted by atomic mass is 10.1. The number of rotatable bonds is 10. The molecule has 0 fully saturated rings. The lowest BCUT2D eigenvalue weighted by Gasteiger charge is -2.20. The van der Waals surface area contributed by atoms with Gasteiger partial charge >= 0.3 is 0 Å². The van der Waals surface area contributed by atoms with Crippen LogP contribution in [-0.2, 0) is 14.4 Å². The fourth-order valence-corrected chi connectivity index (χ4v) is 1.74. The largest absolute Gasteiger partial charge is 0.356 e. The SMILES string of the molecule is CC.CC.CCNC(=O)CCC(NC(C)C)C(=O)NCCC(C)=O. The van der Waals surface area contributed by atoms with Crippen LogP contribution in [0.4, 0.5) is 0 Å². The third kappa shape index (κ3) is 18.6. The summed E-state index contributed by atoms with van der Waals surface area (Å²) in [6.07, 6.45) is 1.07. The van der Waals surface area contributed by atoms with E-state index in [9.17, 15) is 14.4 Å². The fraction of sp³-hybridized carbons (Fsp3) is 0.833. The van der Waals surface area contributed by atoms with E-state index in [2.05, 4.69) is 16.0 Å². The predicted octanol–water partition coefficient (Wildman–Crippen LogP) is 2.42. The van der Waals surface area contributed by atoms with Gasteiger partial charge in [-0.1, -0.05) is 41.5 Å². The van der Waals surface area contributed by atoms with Crippen molar-refractivity contribution in [1.29, 1.82) is 0 Å². The zero-order chi connectivity index (χ0) is 19.5. The lowest BCUT2D eigenvalue weighted by Crippen LogP contribution is -2.47. The Hall–Kier alpha value is -1.43. The van der Waals surface area contributed by atoms with Gasteiger partial charge in [0.15, 0.2) is 0 Å². The Labute approximate surface area is 148 Å². The molecule has 24 heavy (non-hydrogen) atoms. The highest BCUT2D eigenvalue weighted by molar-refractivity contribution is 5.84. The van der Waals surface area contributed by atoms with E-state index in [-0.39, 0.29) is 23.6 Å². The molecule has 0 aromatic carbocycles. The monoisotopic (exact) mass is 345 g/mol. The first-order chi connectivity index (χ1) is 11.4. The molecule has 0 heterocycles. The molecule has 0 aromatic heterocycles. The van der Waals surface area contributed by atoms with E-state index < -0.39 is 6.04 Å². The summed E-state index contributed by atoms with van der Waals surface area (Å²) in [5, 5.41) is 8.57. The van der Waals surface area contributed by atoms with Gasteiger partial charge in [0.25, 0.3) is 0 Å². The van der Waals surface area contributed by atoms with Crippen LogP contribution in [-0.4, -0.2) is 42.8 Å². The summed E-state index contributed by atoms with van der Waals surface area (Å²) in [6, 6.07) is -0.266. The highest BCUT2D eigenvalue weighted by Crippen LogP contribution is 2.00. The van der Waals surface area contributed by atoms with Gasteiger partial charge in [-0.25, -0.2) is 0 Å². The average Bonchev–Trinajstić information content (AvgIpc) is 2.54. The van der Waals surface area contributed by atoms with E-state index in [1.165, 1.54) is 6.92 Å². The van der Waals surface area contributed by atoms with Crippen molar-refractivity contribution in [2.45, 2.75) is 86.7 Å². The Kier molecular flexibility index (Phi) is 22.4. The van der Waals surface area contributed by atoms with Crippen LogP contribution in [0.25, 0.3) is 0 Å². The van der Waals surface area contributed by atoms with E-state index in [0.29, 0.717) is 32.4 Å². The minimum atomic E-state index is -0.412. The first-order valence-electron chi connectivity index (χ1n) is 9.16. The van der Waals surface area contributed by atoms with Gasteiger partial charge in [-0.2, -0.15) is 0 Å². The van der Waals surface area contributed by atoms with Crippen molar-refractivity contribution in [3.05, 3.63) is 0 Å². The zero-order valence-electron chi connectivity index (χ0n) is 16.9. The molecule has 0 aliphatic rings. The van der Waals surface area contributed by atoms with Crippen molar-refractivity contribution in [1.82, 2.24) is 16.0 Å². The maximum atomic E-state index is 12.0. The van der Waals surface area contributed by atoms with Crippen molar-refractivity contribution in [2.24, 2.45) is 0 Å². The molecular formula is C18H39N3O3. The molecule has 0 aromatic rings. The fourth-order valence-electron chi connectivity index (χ4n) is 1.74. The van der Waals surface area contributed by atoms with Crippen molar-refractivity contribution in [3.63, 3.8) is 0 Å². The Balaban J connectivity index is -0.00000102. The van der Waals surface area contributed by atoms with Gasteiger partial charge in [0.2, 0.25) is 11.8 Å². The molecule has 0 aliphatic carbocycles. The van der Waals surface area contributed by atoms with E-state index in [4.69, 9.17) is 0 Å². The molecule has 0 bridgehead atoms. The molecule has 2 amide bonds. The third-order valence-corrected chi connectivity index (χ3v) is 2.66. The summed E-state index contributed by atoms with van der Waals surface area (Å²) >= 11 is 0.